The summed E-state index contributed by atoms with van der Waals surface area (Å²) in [5.41, 5.74) is 7.49. The molecule has 4 saturated heterocycles. The van der Waals surface area contributed by atoms with Crippen molar-refractivity contribution in [1.82, 2.24) is 45.7 Å². The van der Waals surface area contributed by atoms with Gasteiger partial charge in [-0.05, 0) is 103 Å². The second-order valence-electron chi connectivity index (χ2n) is 22.9. The Hall–Kier alpha value is -7.68. The topological polar surface area (TPSA) is 208 Å². The minimum Gasteiger partial charge on any atom is -0.486 e. The number of H-pyrrole nitrogens is 1. The van der Waals surface area contributed by atoms with Gasteiger partial charge in [-0.3, -0.25) is 24.7 Å². The third-order valence-electron chi connectivity index (χ3n) is 17.2. The van der Waals surface area contributed by atoms with Crippen molar-refractivity contribution in [2.24, 2.45) is 16.3 Å². The molecule has 0 radical (unpaired) electrons. The molecule has 0 spiro atoms. The van der Waals surface area contributed by atoms with Crippen molar-refractivity contribution in [1.29, 1.82) is 0 Å². The summed E-state index contributed by atoms with van der Waals surface area (Å²) in [6, 6.07) is 19.9. The van der Waals surface area contributed by atoms with E-state index in [4.69, 9.17) is 24.2 Å². The molecule has 3 aromatic heterocycles. The molecule has 6 atom stereocenters. The van der Waals surface area contributed by atoms with Crippen LogP contribution in [-0.4, -0.2) is 128 Å². The Labute approximate surface area is 467 Å². The van der Waals surface area contributed by atoms with Crippen molar-refractivity contribution in [3.63, 3.8) is 0 Å². The maximum atomic E-state index is 16.2. The lowest BCUT2D eigenvalue weighted by atomic mass is 9.88. The molecule has 20 heteroatoms. The third-order valence-corrected chi connectivity index (χ3v) is 17.2. The number of piperazine rings is 1. The van der Waals surface area contributed by atoms with Gasteiger partial charge in [0.15, 0.2) is 5.75 Å². The van der Waals surface area contributed by atoms with Crippen molar-refractivity contribution in [3.8, 4) is 34.1 Å². The lowest BCUT2D eigenvalue weighted by Crippen LogP contribution is -2.54. The van der Waals surface area contributed by atoms with Crippen LogP contribution in [0.2, 0.25) is 0 Å². The predicted molar refractivity (Wildman–Crippen MR) is 299 cm³/mol. The monoisotopic (exact) mass is 1100 g/mol. The standard InChI is InChI=1S/C61H66F2N12O6/c1-33(2)56(60(78)73-21-5-7-51(73)59(77)67-50(31-76)38-14-16-39(17-15-38)54-46(62)6-4-20-64-54)75-30-49(71-72-75)37-10-8-35(9-11-37)32-80-57-53(52-34(3)47(63)26-48-45(52)28-66-70-48)43(36-12-13-36)25-44-55(57)68-61(81-42-18-22-79-23-19-42)69-58(44)74-29-40-24-41(74)27-65-40/h4,6,8-11,14-17,20,25-26,28,33,36,40-42,49-51,56,65,76H,5,7,12-13,18-19,21-24,27,29-32H2,1-3H3,(H,66,70)(H,67,77). The Kier molecular flexibility index (Phi) is 14.3. The van der Waals surface area contributed by atoms with Gasteiger partial charge in [0.25, 0.3) is 0 Å². The number of anilines is 1. The van der Waals surface area contributed by atoms with Gasteiger partial charge in [-0.1, -0.05) is 67.6 Å². The summed E-state index contributed by atoms with van der Waals surface area (Å²) in [4.78, 5) is 47.2. The van der Waals surface area contributed by atoms with Crippen molar-refractivity contribution in [3.05, 3.63) is 125 Å². The fourth-order valence-corrected chi connectivity index (χ4v) is 12.8. The minimum atomic E-state index is -0.745. The van der Waals surface area contributed by atoms with Crippen molar-refractivity contribution in [2.75, 3.05) is 50.9 Å². The van der Waals surface area contributed by atoms with Crippen molar-refractivity contribution < 1.29 is 37.7 Å². The number of pyridine rings is 1. The summed E-state index contributed by atoms with van der Waals surface area (Å²) in [5, 5.41) is 37.1. The molecule has 13 rings (SSSR count). The first-order valence-corrected chi connectivity index (χ1v) is 28.5. The number of aromatic nitrogens is 5. The molecule has 5 aliphatic heterocycles. The molecule has 420 valence electrons. The molecule has 4 N–H and O–H groups in total. The Balaban J connectivity index is 0.753. The van der Waals surface area contributed by atoms with Crippen LogP contribution in [-0.2, 0) is 20.9 Å². The average molecular weight is 1100 g/mol. The molecule has 1 saturated carbocycles. The van der Waals surface area contributed by atoms with Crippen LogP contribution >= 0.6 is 0 Å². The molecule has 2 bridgehead atoms. The molecule has 1 aliphatic carbocycles. The van der Waals surface area contributed by atoms with Crippen LogP contribution in [0.5, 0.6) is 11.8 Å². The van der Waals surface area contributed by atoms with E-state index in [0.29, 0.717) is 78.7 Å². The van der Waals surface area contributed by atoms with Crippen LogP contribution in [0, 0.1) is 24.5 Å². The van der Waals surface area contributed by atoms with Gasteiger partial charge in [-0.2, -0.15) is 20.2 Å². The molecule has 81 heavy (non-hydrogen) atoms. The highest BCUT2D eigenvalue weighted by Crippen LogP contribution is 2.54. The van der Waals surface area contributed by atoms with Gasteiger partial charge in [0.1, 0.15) is 59.5 Å². The van der Waals surface area contributed by atoms with Crippen LogP contribution in [0.25, 0.3) is 44.2 Å². The molecule has 4 aromatic carbocycles. The van der Waals surface area contributed by atoms with Crippen LogP contribution in [0.15, 0.2) is 95.5 Å². The van der Waals surface area contributed by atoms with E-state index in [-0.39, 0.29) is 72.6 Å². The van der Waals surface area contributed by atoms with Crippen LogP contribution in [0.1, 0.15) is 105 Å². The number of halogens is 2. The number of hydrogen-bond donors (Lipinski definition) is 4. The number of nitrogens with zero attached hydrogens (tertiary/aromatic N) is 9. The molecule has 2 amide bonds. The van der Waals surface area contributed by atoms with E-state index >= 15 is 4.39 Å². The second kappa shape index (κ2) is 22.0. The highest BCUT2D eigenvalue weighted by atomic mass is 19.1. The number of carbonyl (C=O) groups excluding carboxylic acids is 2. The molecular weight excluding hydrogens is 1030 g/mol. The Morgan fingerprint density at radius 3 is 2.48 bits per heavy atom. The number of fused-ring (bicyclic) bond motifs is 4. The maximum Gasteiger partial charge on any atom is 0.319 e. The highest BCUT2D eigenvalue weighted by molar-refractivity contribution is 6.06. The van der Waals surface area contributed by atoms with E-state index in [1.165, 1.54) is 24.4 Å². The number of aromatic amines is 1. The lowest BCUT2D eigenvalue weighted by molar-refractivity contribution is -0.144. The third kappa shape index (κ3) is 10.2. The van der Waals surface area contributed by atoms with Gasteiger partial charge >= 0.3 is 6.01 Å². The largest absolute Gasteiger partial charge is 0.486 e. The lowest BCUT2D eigenvalue weighted by Gasteiger charge is -2.34. The SMILES string of the molecule is Cc1c(F)cc2[nH]ncc2c1-c1c(C2CC2)cc2c(N3CC4CC3CN4)nc(OC3CCOCC3)nc2c1OCc1ccc(C2CN(C(C(=O)N3CCCC3C(=O)NC(CO)c3ccc(-c4ncccc4F)cc3)C(C)C)N=N2)cc1. The van der Waals surface area contributed by atoms with Gasteiger partial charge in [-0.15, -0.1) is 0 Å². The fraction of sp³-hybridized carbons (Fsp3) is 0.443. The Morgan fingerprint density at radius 1 is 0.938 bits per heavy atom. The fourth-order valence-electron chi connectivity index (χ4n) is 12.8. The van der Waals surface area contributed by atoms with Crippen LogP contribution in [0.4, 0.5) is 14.6 Å². The number of carbonyl (C=O) groups is 2. The molecule has 7 aromatic rings. The van der Waals surface area contributed by atoms with E-state index in [1.54, 1.807) is 40.4 Å². The normalized spacial score (nSPS) is 21.7. The minimum absolute atomic E-state index is 0.110. The van der Waals surface area contributed by atoms with Gasteiger partial charge in [0.05, 0.1) is 44.1 Å². The van der Waals surface area contributed by atoms with Gasteiger partial charge in [-0.25, -0.2) is 8.78 Å². The molecule has 18 nitrogen and oxygen atoms in total. The van der Waals surface area contributed by atoms with E-state index in [2.05, 4.69) is 47.1 Å². The number of likely N-dealkylation sites (tertiary alicyclic amines) is 1. The van der Waals surface area contributed by atoms with E-state index in [9.17, 15) is 19.1 Å². The summed E-state index contributed by atoms with van der Waals surface area (Å²) in [6.45, 7) is 9.18. The van der Waals surface area contributed by atoms with Crippen LogP contribution < -0.4 is 25.0 Å². The first-order chi connectivity index (χ1) is 39.5. The number of amides is 2. The van der Waals surface area contributed by atoms with E-state index < -0.39 is 23.9 Å². The second-order valence-corrected chi connectivity index (χ2v) is 22.9. The summed E-state index contributed by atoms with van der Waals surface area (Å²) in [5.74, 6) is 0.0647. The zero-order chi connectivity index (χ0) is 55.5. The molecule has 8 heterocycles. The molecule has 6 aliphatic rings. The van der Waals surface area contributed by atoms with E-state index in [0.717, 1.165) is 89.6 Å². The quantitative estimate of drug-likeness (QED) is 0.0673. The van der Waals surface area contributed by atoms with Crippen molar-refractivity contribution >= 4 is 39.4 Å². The summed E-state index contributed by atoms with van der Waals surface area (Å²) in [6.07, 6.45) is 8.74. The summed E-state index contributed by atoms with van der Waals surface area (Å²) in [7, 11) is 0. The van der Waals surface area contributed by atoms with Crippen molar-refractivity contribution in [2.45, 2.75) is 121 Å². The van der Waals surface area contributed by atoms with Gasteiger partial charge in [0.2, 0.25) is 11.8 Å². The average Bonchev–Trinajstić information content (AvgIpc) is 4.12. The zero-order valence-electron chi connectivity index (χ0n) is 45.7. The van der Waals surface area contributed by atoms with E-state index in [1.807, 2.05) is 45.0 Å². The number of benzene rings is 4. The molecule has 5 fully saturated rings. The summed E-state index contributed by atoms with van der Waals surface area (Å²) < 4.78 is 50.1. The number of hydrogen-bond acceptors (Lipinski definition) is 15. The predicted octanol–water partition coefficient (Wildman–Crippen LogP) is 8.98. The maximum absolute atomic E-state index is 16.2. The number of nitrogens with one attached hydrogen (secondary N) is 3. The van der Waals surface area contributed by atoms with Crippen LogP contribution in [0.3, 0.4) is 0 Å². The Bertz CT molecular complexity index is 3540. The molecule has 6 unspecified atom stereocenters. The Morgan fingerprint density at radius 2 is 1.75 bits per heavy atom. The first kappa shape index (κ1) is 52.7. The number of aliphatic hydroxyl groups is 1. The highest BCUT2D eigenvalue weighted by Gasteiger charge is 2.44. The zero-order valence-corrected chi connectivity index (χ0v) is 45.7. The number of rotatable bonds is 17. The number of aliphatic hydroxyl groups excluding tert-OH is 1. The molecular formula is C61H66F2N12O6. The van der Waals surface area contributed by atoms with Gasteiger partial charge in [0, 0.05) is 78.2 Å². The smallest absolute Gasteiger partial charge is 0.319 e. The summed E-state index contributed by atoms with van der Waals surface area (Å²) >= 11 is 0. The van der Waals surface area contributed by atoms with Gasteiger partial charge < -0.3 is 39.8 Å². The first-order valence-electron chi connectivity index (χ1n) is 28.5. The number of ether oxygens (including phenoxy) is 3.